The van der Waals surface area contributed by atoms with Crippen LogP contribution in [0.5, 0.6) is 0 Å². The average molecular weight is 265 g/mol. The molecule has 0 spiro atoms. The molecule has 0 unspecified atom stereocenters. The molecule has 3 nitrogen and oxygen atoms in total. The zero-order chi connectivity index (χ0) is 12.3. The summed E-state index contributed by atoms with van der Waals surface area (Å²) in [6.07, 6.45) is 1.68. The minimum Gasteiger partial charge on any atom is -0.352 e. The smallest absolute Gasteiger partial charge is 0.258 e. The van der Waals surface area contributed by atoms with E-state index in [1.54, 1.807) is 42.6 Å². The quantitative estimate of drug-likeness (QED) is 0.814. The van der Waals surface area contributed by atoms with E-state index in [-0.39, 0.29) is 5.91 Å². The number of nitrogens with one attached hydrogen (secondary N) is 2. The van der Waals surface area contributed by atoms with Gasteiger partial charge in [0.15, 0.2) is 0 Å². The van der Waals surface area contributed by atoms with Gasteiger partial charge < -0.3 is 10.3 Å². The molecule has 2 rings (SSSR count). The highest BCUT2D eigenvalue weighted by atomic mass is 35.5. The summed E-state index contributed by atoms with van der Waals surface area (Å²) < 4.78 is 0.416. The monoisotopic (exact) mass is 264 g/mol. The molecule has 2 aromatic rings. The van der Waals surface area contributed by atoms with Crippen LogP contribution in [0, 0.1) is 4.64 Å². The number of pyridine rings is 1. The Kier molecular flexibility index (Phi) is 3.56. The van der Waals surface area contributed by atoms with Gasteiger partial charge in [-0.25, -0.2) is 0 Å². The van der Waals surface area contributed by atoms with Crippen molar-refractivity contribution in [1.29, 1.82) is 0 Å². The van der Waals surface area contributed by atoms with Crippen LogP contribution in [-0.4, -0.2) is 10.9 Å². The summed E-state index contributed by atoms with van der Waals surface area (Å²) in [4.78, 5) is 14.7. The Labute approximate surface area is 108 Å². The second-order valence-corrected chi connectivity index (χ2v) is 4.22. The molecule has 1 aromatic carbocycles. The second-order valence-electron chi connectivity index (χ2n) is 3.37. The van der Waals surface area contributed by atoms with Gasteiger partial charge in [-0.05, 0) is 36.4 Å². The maximum atomic E-state index is 11.9. The number of halogens is 1. The molecular formula is C12H9ClN2OS. The number of anilines is 1. The zero-order valence-corrected chi connectivity index (χ0v) is 10.3. The summed E-state index contributed by atoms with van der Waals surface area (Å²) >= 11 is 10.8. The van der Waals surface area contributed by atoms with E-state index in [4.69, 9.17) is 23.8 Å². The topological polar surface area (TPSA) is 44.9 Å². The van der Waals surface area contributed by atoms with Crippen molar-refractivity contribution in [2.45, 2.75) is 0 Å². The normalized spacial score (nSPS) is 9.94. The number of aromatic amines is 1. The van der Waals surface area contributed by atoms with Gasteiger partial charge >= 0.3 is 0 Å². The molecule has 0 aliphatic heterocycles. The zero-order valence-electron chi connectivity index (χ0n) is 8.74. The Morgan fingerprint density at radius 2 is 1.94 bits per heavy atom. The van der Waals surface area contributed by atoms with Gasteiger partial charge in [0.25, 0.3) is 5.91 Å². The van der Waals surface area contributed by atoms with Crippen molar-refractivity contribution < 1.29 is 4.79 Å². The summed E-state index contributed by atoms with van der Waals surface area (Å²) in [6, 6.07) is 10.3. The van der Waals surface area contributed by atoms with Gasteiger partial charge in [-0.3, -0.25) is 4.79 Å². The summed E-state index contributed by atoms with van der Waals surface area (Å²) in [5, 5.41) is 3.37. The highest BCUT2D eigenvalue weighted by molar-refractivity contribution is 7.71. The molecule has 0 fully saturated rings. The Balaban J connectivity index is 2.20. The molecule has 1 heterocycles. The fourth-order valence-electron chi connectivity index (χ4n) is 1.33. The van der Waals surface area contributed by atoms with Crippen LogP contribution in [0.3, 0.4) is 0 Å². The molecule has 0 saturated heterocycles. The molecule has 1 amide bonds. The first-order valence-electron chi connectivity index (χ1n) is 4.91. The van der Waals surface area contributed by atoms with E-state index in [1.165, 1.54) is 0 Å². The molecule has 2 N–H and O–H groups in total. The van der Waals surface area contributed by atoms with Gasteiger partial charge in [0.05, 0.1) is 5.56 Å². The first-order valence-corrected chi connectivity index (χ1v) is 5.70. The van der Waals surface area contributed by atoms with Crippen molar-refractivity contribution in [2.24, 2.45) is 0 Å². The lowest BCUT2D eigenvalue weighted by Crippen LogP contribution is -2.12. The highest BCUT2D eigenvalue weighted by Crippen LogP contribution is 2.14. The number of aromatic nitrogens is 1. The van der Waals surface area contributed by atoms with Crippen molar-refractivity contribution in [3.8, 4) is 0 Å². The molecule has 0 saturated carbocycles. The highest BCUT2D eigenvalue weighted by Gasteiger charge is 2.07. The lowest BCUT2D eigenvalue weighted by atomic mass is 10.2. The Bertz CT molecular complexity index is 592. The summed E-state index contributed by atoms with van der Waals surface area (Å²) in [5.74, 6) is -0.242. The fraction of sp³-hybridized carbons (Fsp3) is 0. The summed E-state index contributed by atoms with van der Waals surface area (Å²) in [6.45, 7) is 0. The third-order valence-corrected chi connectivity index (χ3v) is 2.75. The molecule has 0 radical (unpaired) electrons. The molecule has 0 aliphatic rings. The number of benzene rings is 1. The van der Waals surface area contributed by atoms with Crippen LogP contribution in [0.2, 0.25) is 5.02 Å². The SMILES string of the molecule is O=C(Nc1ccc(Cl)cc1)c1ccc[nH]c1=S. The molecule has 86 valence electrons. The average Bonchev–Trinajstić information content (AvgIpc) is 2.32. The van der Waals surface area contributed by atoms with E-state index in [9.17, 15) is 4.79 Å². The van der Waals surface area contributed by atoms with Crippen LogP contribution in [0.1, 0.15) is 10.4 Å². The lowest BCUT2D eigenvalue weighted by molar-refractivity contribution is 0.102. The number of hydrogen-bond acceptors (Lipinski definition) is 2. The van der Waals surface area contributed by atoms with Crippen molar-refractivity contribution in [1.82, 2.24) is 4.98 Å². The van der Waals surface area contributed by atoms with Crippen molar-refractivity contribution >= 4 is 35.4 Å². The number of carbonyl (C=O) groups is 1. The molecule has 1 aromatic heterocycles. The minimum absolute atomic E-state index is 0.242. The number of rotatable bonds is 2. The third-order valence-electron chi connectivity index (χ3n) is 2.16. The molecule has 17 heavy (non-hydrogen) atoms. The van der Waals surface area contributed by atoms with Crippen LogP contribution in [0.15, 0.2) is 42.6 Å². The Morgan fingerprint density at radius 3 is 2.59 bits per heavy atom. The summed E-state index contributed by atoms with van der Waals surface area (Å²) in [5.41, 5.74) is 1.12. The lowest BCUT2D eigenvalue weighted by Gasteiger charge is -2.05. The van der Waals surface area contributed by atoms with Crippen LogP contribution < -0.4 is 5.32 Å². The van der Waals surface area contributed by atoms with Crippen molar-refractivity contribution in [3.63, 3.8) is 0 Å². The second kappa shape index (κ2) is 5.12. The number of H-pyrrole nitrogens is 1. The number of hydrogen-bond donors (Lipinski definition) is 2. The van der Waals surface area contributed by atoms with Gasteiger partial charge in [-0.1, -0.05) is 23.8 Å². The first kappa shape index (κ1) is 11.8. The van der Waals surface area contributed by atoms with Crippen LogP contribution in [-0.2, 0) is 0 Å². The molecule has 0 aliphatic carbocycles. The largest absolute Gasteiger partial charge is 0.352 e. The van der Waals surface area contributed by atoms with Crippen LogP contribution in [0.25, 0.3) is 0 Å². The van der Waals surface area contributed by atoms with E-state index >= 15 is 0 Å². The van der Waals surface area contributed by atoms with E-state index in [0.29, 0.717) is 20.9 Å². The number of carbonyl (C=O) groups excluding carboxylic acids is 1. The van der Waals surface area contributed by atoms with Gasteiger partial charge in [-0.15, -0.1) is 0 Å². The van der Waals surface area contributed by atoms with E-state index in [0.717, 1.165) is 0 Å². The van der Waals surface area contributed by atoms with Crippen LogP contribution in [0.4, 0.5) is 5.69 Å². The van der Waals surface area contributed by atoms with E-state index < -0.39 is 0 Å². The standard InChI is InChI=1S/C12H9ClN2OS/c13-8-3-5-9(6-4-8)15-11(16)10-2-1-7-14-12(10)17/h1-7H,(H,14,17)(H,15,16). The summed E-state index contributed by atoms with van der Waals surface area (Å²) in [7, 11) is 0. The molecule has 5 heteroatoms. The van der Waals surface area contributed by atoms with Crippen molar-refractivity contribution in [2.75, 3.05) is 5.32 Å². The number of amides is 1. The minimum atomic E-state index is -0.242. The Morgan fingerprint density at radius 1 is 1.24 bits per heavy atom. The van der Waals surface area contributed by atoms with E-state index in [2.05, 4.69) is 10.3 Å². The fourth-order valence-corrected chi connectivity index (χ4v) is 1.69. The Hall–Kier alpha value is -1.65. The molecule has 0 atom stereocenters. The predicted octanol–water partition coefficient (Wildman–Crippen LogP) is 3.65. The molecular weight excluding hydrogens is 256 g/mol. The molecule has 0 bridgehead atoms. The van der Waals surface area contributed by atoms with Gasteiger partial charge in [-0.2, -0.15) is 0 Å². The van der Waals surface area contributed by atoms with Crippen molar-refractivity contribution in [3.05, 3.63) is 57.8 Å². The van der Waals surface area contributed by atoms with Gasteiger partial charge in [0.2, 0.25) is 0 Å². The predicted molar refractivity (Wildman–Crippen MR) is 71.0 cm³/mol. The first-order chi connectivity index (χ1) is 8.16. The maximum absolute atomic E-state index is 11.9. The van der Waals surface area contributed by atoms with E-state index in [1.807, 2.05) is 0 Å². The van der Waals surface area contributed by atoms with Gasteiger partial charge in [0, 0.05) is 16.9 Å². The third kappa shape index (κ3) is 2.93. The van der Waals surface area contributed by atoms with Crippen LogP contribution >= 0.6 is 23.8 Å². The van der Waals surface area contributed by atoms with Gasteiger partial charge in [0.1, 0.15) is 4.64 Å². The maximum Gasteiger partial charge on any atom is 0.258 e.